The van der Waals surface area contributed by atoms with Gasteiger partial charge in [-0.1, -0.05) is 0 Å². The molecule has 2 aromatic heterocycles. The number of hydrogen-bond donors (Lipinski definition) is 1. The minimum Gasteiger partial charge on any atom is -0.397 e. The third kappa shape index (κ3) is 1.64. The van der Waals surface area contributed by atoms with Gasteiger partial charge >= 0.3 is 0 Å². The maximum Gasteiger partial charge on any atom is 0.266 e. The molecule has 1 fully saturated rings. The van der Waals surface area contributed by atoms with Crippen LogP contribution < -0.4 is 5.73 Å². The molecule has 2 heterocycles. The number of rotatable bonds is 2. The molecular formula is C12H14N4OS. The van der Waals surface area contributed by atoms with Gasteiger partial charge < -0.3 is 10.6 Å². The summed E-state index contributed by atoms with van der Waals surface area (Å²) in [5.74, 6) is 0.000185. The number of nitrogens with two attached hydrogens (primary N) is 1. The van der Waals surface area contributed by atoms with Gasteiger partial charge in [-0.3, -0.25) is 4.79 Å². The molecule has 1 aliphatic carbocycles. The van der Waals surface area contributed by atoms with Crippen molar-refractivity contribution in [2.75, 3.05) is 12.8 Å². The van der Waals surface area contributed by atoms with Crippen LogP contribution in [-0.2, 0) is 0 Å². The molecule has 3 rings (SSSR count). The summed E-state index contributed by atoms with van der Waals surface area (Å²) in [6.45, 7) is 0. The molecular weight excluding hydrogens is 248 g/mol. The van der Waals surface area contributed by atoms with Gasteiger partial charge in [-0.15, -0.1) is 16.4 Å². The lowest BCUT2D eigenvalue weighted by Crippen LogP contribution is -2.41. The van der Waals surface area contributed by atoms with Gasteiger partial charge in [0.15, 0.2) is 0 Å². The van der Waals surface area contributed by atoms with Crippen LogP contribution in [0.4, 0.5) is 5.69 Å². The van der Waals surface area contributed by atoms with Crippen LogP contribution in [0.5, 0.6) is 0 Å². The van der Waals surface area contributed by atoms with Crippen molar-refractivity contribution in [2.24, 2.45) is 0 Å². The average molecular weight is 262 g/mol. The molecule has 0 atom stereocenters. The maximum absolute atomic E-state index is 12.4. The quantitative estimate of drug-likeness (QED) is 0.897. The van der Waals surface area contributed by atoms with Crippen LogP contribution in [0, 0.1) is 0 Å². The lowest BCUT2D eigenvalue weighted by atomic mass is 9.92. The Morgan fingerprint density at radius 2 is 2.33 bits per heavy atom. The molecule has 2 aromatic rings. The molecule has 0 saturated heterocycles. The molecule has 0 radical (unpaired) electrons. The average Bonchev–Trinajstić information content (AvgIpc) is 2.64. The largest absolute Gasteiger partial charge is 0.397 e. The number of amides is 1. The maximum atomic E-state index is 12.4. The van der Waals surface area contributed by atoms with Gasteiger partial charge in [0, 0.05) is 18.5 Å². The van der Waals surface area contributed by atoms with Crippen LogP contribution in [0.25, 0.3) is 10.2 Å². The highest BCUT2D eigenvalue weighted by atomic mass is 32.1. The van der Waals surface area contributed by atoms with Crippen molar-refractivity contribution in [2.45, 2.75) is 25.3 Å². The second-order valence-electron chi connectivity index (χ2n) is 4.60. The number of carbonyl (C=O) groups is 1. The number of carbonyl (C=O) groups excluding carboxylic acids is 1. The first-order valence-corrected chi connectivity index (χ1v) is 6.77. The van der Waals surface area contributed by atoms with Crippen molar-refractivity contribution in [3.63, 3.8) is 0 Å². The van der Waals surface area contributed by atoms with Gasteiger partial charge in [0.1, 0.15) is 9.71 Å². The highest BCUT2D eigenvalue weighted by molar-refractivity contribution is 7.21. The highest BCUT2D eigenvalue weighted by Gasteiger charge is 2.28. The summed E-state index contributed by atoms with van der Waals surface area (Å²) in [5, 5.41) is 8.63. The normalized spacial score (nSPS) is 15.6. The van der Waals surface area contributed by atoms with E-state index in [0.29, 0.717) is 16.6 Å². The number of thiophene rings is 1. The standard InChI is InChI=1S/C12H14N4OS/c1-16(7-3-2-4-7)12(17)10-9(13)8-5-6-14-15-11(8)18-10/h5-7H,2-4,13H2,1H3. The summed E-state index contributed by atoms with van der Waals surface area (Å²) in [5.41, 5.74) is 6.56. The van der Waals surface area contributed by atoms with Crippen molar-refractivity contribution in [1.82, 2.24) is 15.1 Å². The number of aromatic nitrogens is 2. The highest BCUT2D eigenvalue weighted by Crippen LogP contribution is 2.34. The predicted octanol–water partition coefficient (Wildman–Crippen LogP) is 1.90. The number of nitrogens with zero attached hydrogens (tertiary/aromatic N) is 3. The second kappa shape index (κ2) is 4.20. The van der Waals surface area contributed by atoms with Gasteiger partial charge in [0.25, 0.3) is 5.91 Å². The van der Waals surface area contributed by atoms with Crippen molar-refractivity contribution < 1.29 is 4.79 Å². The van der Waals surface area contributed by atoms with Crippen LogP contribution in [0.1, 0.15) is 28.9 Å². The van der Waals surface area contributed by atoms with E-state index in [4.69, 9.17) is 5.73 Å². The minimum absolute atomic E-state index is 0.000185. The smallest absolute Gasteiger partial charge is 0.266 e. The Bertz CT molecular complexity index is 605. The van der Waals surface area contributed by atoms with Crippen LogP contribution >= 0.6 is 11.3 Å². The third-order valence-electron chi connectivity index (χ3n) is 3.56. The summed E-state index contributed by atoms with van der Waals surface area (Å²) in [4.78, 5) is 15.5. The lowest BCUT2D eigenvalue weighted by molar-refractivity contribution is 0.0658. The fourth-order valence-electron chi connectivity index (χ4n) is 2.13. The Morgan fingerprint density at radius 3 is 2.94 bits per heavy atom. The van der Waals surface area contributed by atoms with E-state index >= 15 is 0 Å². The molecule has 0 bridgehead atoms. The molecule has 1 saturated carbocycles. The molecule has 94 valence electrons. The zero-order valence-corrected chi connectivity index (χ0v) is 10.9. The number of fused-ring (bicyclic) bond motifs is 1. The van der Waals surface area contributed by atoms with Crippen molar-refractivity contribution in [1.29, 1.82) is 0 Å². The predicted molar refractivity (Wildman–Crippen MR) is 71.6 cm³/mol. The molecule has 5 nitrogen and oxygen atoms in total. The molecule has 0 spiro atoms. The van der Waals surface area contributed by atoms with E-state index in [1.165, 1.54) is 17.8 Å². The number of anilines is 1. The van der Waals surface area contributed by atoms with Crippen LogP contribution in [0.2, 0.25) is 0 Å². The van der Waals surface area contributed by atoms with E-state index in [1.54, 1.807) is 17.2 Å². The molecule has 6 heteroatoms. The Morgan fingerprint density at radius 1 is 1.56 bits per heavy atom. The van der Waals surface area contributed by atoms with Gasteiger partial charge in [-0.05, 0) is 25.3 Å². The van der Waals surface area contributed by atoms with Crippen molar-refractivity contribution in [3.8, 4) is 0 Å². The van der Waals surface area contributed by atoms with E-state index in [2.05, 4.69) is 10.2 Å². The van der Waals surface area contributed by atoms with Crippen LogP contribution in [0.15, 0.2) is 12.3 Å². The zero-order valence-electron chi connectivity index (χ0n) is 10.1. The van der Waals surface area contributed by atoms with E-state index in [-0.39, 0.29) is 5.91 Å². The molecule has 0 aliphatic heterocycles. The summed E-state index contributed by atoms with van der Waals surface area (Å²) in [6, 6.07) is 2.17. The Balaban J connectivity index is 1.98. The molecule has 1 aliphatic rings. The summed E-state index contributed by atoms with van der Waals surface area (Å²) >= 11 is 1.32. The van der Waals surface area contributed by atoms with E-state index in [1.807, 2.05) is 7.05 Å². The van der Waals surface area contributed by atoms with Crippen molar-refractivity contribution >= 4 is 33.1 Å². The van der Waals surface area contributed by atoms with E-state index in [0.717, 1.165) is 23.1 Å². The van der Waals surface area contributed by atoms with E-state index < -0.39 is 0 Å². The number of hydrogen-bond acceptors (Lipinski definition) is 5. The second-order valence-corrected chi connectivity index (χ2v) is 5.59. The minimum atomic E-state index is 0.000185. The molecule has 0 unspecified atom stereocenters. The van der Waals surface area contributed by atoms with Crippen LogP contribution in [0.3, 0.4) is 0 Å². The lowest BCUT2D eigenvalue weighted by Gasteiger charge is -2.34. The molecule has 18 heavy (non-hydrogen) atoms. The first kappa shape index (κ1) is 11.4. The van der Waals surface area contributed by atoms with Gasteiger partial charge in [-0.25, -0.2) is 0 Å². The first-order chi connectivity index (χ1) is 8.68. The summed E-state index contributed by atoms with van der Waals surface area (Å²) in [6.07, 6.45) is 4.98. The molecule has 1 amide bonds. The van der Waals surface area contributed by atoms with Gasteiger partial charge in [-0.2, -0.15) is 5.10 Å². The van der Waals surface area contributed by atoms with Gasteiger partial charge in [0.2, 0.25) is 0 Å². The molecule has 2 N–H and O–H groups in total. The Kier molecular flexibility index (Phi) is 2.66. The topological polar surface area (TPSA) is 72.1 Å². The van der Waals surface area contributed by atoms with E-state index in [9.17, 15) is 4.79 Å². The Hall–Kier alpha value is -1.69. The SMILES string of the molecule is CN(C(=O)c1sc2nnccc2c1N)C1CCC1. The summed E-state index contributed by atoms with van der Waals surface area (Å²) < 4.78 is 0. The van der Waals surface area contributed by atoms with Crippen LogP contribution in [-0.4, -0.2) is 34.1 Å². The van der Waals surface area contributed by atoms with Gasteiger partial charge in [0.05, 0.1) is 11.9 Å². The third-order valence-corrected chi connectivity index (χ3v) is 4.65. The number of nitrogen functional groups attached to an aromatic ring is 1. The fourth-order valence-corrected chi connectivity index (χ4v) is 3.15. The summed E-state index contributed by atoms with van der Waals surface area (Å²) in [7, 11) is 1.85. The fraction of sp³-hybridized carbons (Fsp3) is 0.417. The Labute approximate surface area is 109 Å². The first-order valence-electron chi connectivity index (χ1n) is 5.95. The monoisotopic (exact) mass is 262 g/mol. The zero-order chi connectivity index (χ0) is 12.7. The van der Waals surface area contributed by atoms with Crippen molar-refractivity contribution in [3.05, 3.63) is 17.1 Å². The molecule has 0 aromatic carbocycles.